The van der Waals surface area contributed by atoms with E-state index in [4.69, 9.17) is 5.11 Å². The zero-order valence-electron chi connectivity index (χ0n) is 11.2. The number of nitrogens with one attached hydrogen (secondary N) is 1. The highest BCUT2D eigenvalue weighted by atomic mass is 16.4. The molecule has 0 unspecified atom stereocenters. The van der Waals surface area contributed by atoms with Gasteiger partial charge in [0.1, 0.15) is 6.04 Å². The van der Waals surface area contributed by atoms with E-state index < -0.39 is 12.0 Å². The Morgan fingerprint density at radius 3 is 2.12 bits per heavy atom. The van der Waals surface area contributed by atoms with Crippen LogP contribution in [0.25, 0.3) is 0 Å². The second-order valence-electron chi connectivity index (χ2n) is 4.21. The third-order valence-electron chi connectivity index (χ3n) is 2.98. The van der Waals surface area contributed by atoms with Crippen LogP contribution >= 0.6 is 0 Å². The Bertz CT molecular complexity index is 252. The van der Waals surface area contributed by atoms with Crippen LogP contribution in [-0.2, 0) is 4.79 Å². The summed E-state index contributed by atoms with van der Waals surface area (Å²) in [5.41, 5.74) is 0. The number of aliphatic carboxylic acids is 1. The Labute approximate surface area is 103 Å². The van der Waals surface area contributed by atoms with E-state index in [1.165, 1.54) is 0 Å². The Morgan fingerprint density at radius 2 is 1.76 bits per heavy atom. The van der Waals surface area contributed by atoms with E-state index in [0.29, 0.717) is 6.42 Å². The average Bonchev–Trinajstić information content (AvgIpc) is 2.29. The van der Waals surface area contributed by atoms with Gasteiger partial charge < -0.3 is 15.3 Å². The minimum atomic E-state index is -0.974. The molecule has 0 fully saturated rings. The number of nitrogens with zero attached hydrogens (tertiary/aromatic N) is 1. The van der Waals surface area contributed by atoms with Crippen LogP contribution in [0.2, 0.25) is 0 Å². The van der Waals surface area contributed by atoms with E-state index in [1.807, 2.05) is 20.8 Å². The number of hydrogen-bond donors (Lipinski definition) is 2. The van der Waals surface area contributed by atoms with Gasteiger partial charge in [-0.1, -0.05) is 27.2 Å². The third kappa shape index (κ3) is 5.06. The van der Waals surface area contributed by atoms with E-state index in [-0.39, 0.29) is 12.1 Å². The van der Waals surface area contributed by atoms with Gasteiger partial charge in [-0.25, -0.2) is 9.59 Å². The van der Waals surface area contributed by atoms with Crippen molar-refractivity contribution in [3.8, 4) is 0 Å². The molecule has 2 amide bonds. The normalized spacial score (nSPS) is 12.3. The van der Waals surface area contributed by atoms with E-state index in [9.17, 15) is 9.59 Å². The fraction of sp³-hybridized carbons (Fsp3) is 0.833. The number of carboxylic acids is 1. The fourth-order valence-electron chi connectivity index (χ4n) is 1.80. The van der Waals surface area contributed by atoms with Crippen LogP contribution in [0.3, 0.4) is 0 Å². The summed E-state index contributed by atoms with van der Waals surface area (Å²) in [5, 5.41) is 11.5. The zero-order chi connectivity index (χ0) is 13.4. The lowest BCUT2D eigenvalue weighted by Gasteiger charge is -2.28. The maximum Gasteiger partial charge on any atom is 0.326 e. The van der Waals surface area contributed by atoms with Gasteiger partial charge in [-0.15, -0.1) is 0 Å². The highest BCUT2D eigenvalue weighted by Gasteiger charge is 2.23. The quantitative estimate of drug-likeness (QED) is 0.720. The van der Waals surface area contributed by atoms with Crippen LogP contribution in [0.15, 0.2) is 0 Å². The summed E-state index contributed by atoms with van der Waals surface area (Å²) < 4.78 is 0. The van der Waals surface area contributed by atoms with Gasteiger partial charge in [-0.2, -0.15) is 0 Å². The van der Waals surface area contributed by atoms with Crippen LogP contribution < -0.4 is 5.32 Å². The molecule has 0 saturated carbocycles. The molecule has 0 aliphatic carbocycles. The van der Waals surface area contributed by atoms with Gasteiger partial charge >= 0.3 is 12.0 Å². The number of rotatable bonds is 7. The molecule has 0 aromatic carbocycles. The summed E-state index contributed by atoms with van der Waals surface area (Å²) in [6.07, 6.45) is 2.92. The molecule has 1 atom stereocenters. The number of carbonyl (C=O) groups is 2. The molecular weight excluding hydrogens is 220 g/mol. The molecule has 0 rings (SSSR count). The Kier molecular flexibility index (Phi) is 7.34. The van der Waals surface area contributed by atoms with Crippen molar-refractivity contribution in [2.24, 2.45) is 0 Å². The van der Waals surface area contributed by atoms with Gasteiger partial charge in [0, 0.05) is 13.1 Å². The zero-order valence-corrected chi connectivity index (χ0v) is 11.2. The second-order valence-corrected chi connectivity index (χ2v) is 4.21. The average molecular weight is 244 g/mol. The summed E-state index contributed by atoms with van der Waals surface area (Å²) in [5.74, 6) is -0.974. The first-order valence-electron chi connectivity index (χ1n) is 6.23. The van der Waals surface area contributed by atoms with Crippen molar-refractivity contribution >= 4 is 12.0 Å². The third-order valence-corrected chi connectivity index (χ3v) is 2.98. The van der Waals surface area contributed by atoms with Gasteiger partial charge in [0.2, 0.25) is 0 Å². The Balaban J connectivity index is 4.44. The van der Waals surface area contributed by atoms with Crippen molar-refractivity contribution in [2.45, 2.75) is 58.5 Å². The predicted molar refractivity (Wildman–Crippen MR) is 67.0 cm³/mol. The molecule has 17 heavy (non-hydrogen) atoms. The monoisotopic (exact) mass is 244 g/mol. The van der Waals surface area contributed by atoms with Crippen molar-refractivity contribution in [3.05, 3.63) is 0 Å². The van der Waals surface area contributed by atoms with Gasteiger partial charge in [-0.05, 0) is 19.3 Å². The van der Waals surface area contributed by atoms with Gasteiger partial charge in [0.15, 0.2) is 0 Å². The SMILES string of the molecule is CCC[C@@H](NC(=O)N(C)C(CC)CC)C(=O)O. The van der Waals surface area contributed by atoms with Gasteiger partial charge in [0.05, 0.1) is 0 Å². The van der Waals surface area contributed by atoms with Crippen molar-refractivity contribution in [1.82, 2.24) is 10.2 Å². The molecular formula is C12H24N2O3. The molecule has 100 valence electrons. The lowest BCUT2D eigenvalue weighted by Crippen LogP contribution is -2.49. The molecule has 0 aromatic rings. The molecule has 5 heteroatoms. The van der Waals surface area contributed by atoms with Crippen molar-refractivity contribution in [2.75, 3.05) is 7.05 Å². The molecule has 0 spiro atoms. The number of carbonyl (C=O) groups excluding carboxylic acids is 1. The predicted octanol–water partition coefficient (Wildman–Crippen LogP) is 2.07. The summed E-state index contributed by atoms with van der Waals surface area (Å²) in [7, 11) is 1.71. The van der Waals surface area contributed by atoms with E-state index in [1.54, 1.807) is 11.9 Å². The van der Waals surface area contributed by atoms with Crippen LogP contribution in [0.4, 0.5) is 4.79 Å². The maximum atomic E-state index is 11.8. The van der Waals surface area contributed by atoms with Crippen LogP contribution in [0, 0.1) is 0 Å². The van der Waals surface area contributed by atoms with Crippen molar-refractivity contribution in [3.63, 3.8) is 0 Å². The van der Waals surface area contributed by atoms with Crippen LogP contribution in [0.5, 0.6) is 0 Å². The highest BCUT2D eigenvalue weighted by molar-refractivity contribution is 5.82. The Hall–Kier alpha value is -1.26. The fourth-order valence-corrected chi connectivity index (χ4v) is 1.80. The van der Waals surface area contributed by atoms with Crippen LogP contribution in [0.1, 0.15) is 46.5 Å². The molecule has 0 radical (unpaired) electrons. The highest BCUT2D eigenvalue weighted by Crippen LogP contribution is 2.07. The first kappa shape index (κ1) is 15.7. The Morgan fingerprint density at radius 1 is 1.24 bits per heavy atom. The first-order chi connectivity index (χ1) is 7.97. The largest absolute Gasteiger partial charge is 0.480 e. The number of hydrogen-bond acceptors (Lipinski definition) is 2. The molecule has 2 N–H and O–H groups in total. The van der Waals surface area contributed by atoms with Crippen molar-refractivity contribution < 1.29 is 14.7 Å². The molecule has 0 aliphatic heterocycles. The van der Waals surface area contributed by atoms with E-state index in [2.05, 4.69) is 5.32 Å². The molecule has 0 saturated heterocycles. The minimum Gasteiger partial charge on any atom is -0.480 e. The second kappa shape index (κ2) is 7.92. The summed E-state index contributed by atoms with van der Waals surface area (Å²) >= 11 is 0. The summed E-state index contributed by atoms with van der Waals surface area (Å²) in [4.78, 5) is 24.4. The number of urea groups is 1. The maximum absolute atomic E-state index is 11.8. The van der Waals surface area contributed by atoms with E-state index in [0.717, 1.165) is 19.3 Å². The lowest BCUT2D eigenvalue weighted by atomic mass is 10.1. The standard InChI is InChI=1S/C12H24N2O3/c1-5-8-10(11(15)16)13-12(17)14(4)9(6-2)7-3/h9-10H,5-8H2,1-4H3,(H,13,17)(H,15,16)/t10-/m1/s1. The summed E-state index contributed by atoms with van der Waals surface area (Å²) in [6, 6.07) is -0.935. The first-order valence-corrected chi connectivity index (χ1v) is 6.23. The van der Waals surface area contributed by atoms with Gasteiger partial charge in [-0.3, -0.25) is 0 Å². The number of amides is 2. The molecule has 5 nitrogen and oxygen atoms in total. The smallest absolute Gasteiger partial charge is 0.326 e. The van der Waals surface area contributed by atoms with E-state index >= 15 is 0 Å². The lowest BCUT2D eigenvalue weighted by molar-refractivity contribution is -0.139. The molecule has 0 aromatic heterocycles. The van der Waals surface area contributed by atoms with Gasteiger partial charge in [0.25, 0.3) is 0 Å². The molecule has 0 bridgehead atoms. The molecule has 0 aliphatic rings. The topological polar surface area (TPSA) is 69.6 Å². The van der Waals surface area contributed by atoms with Crippen LogP contribution in [-0.4, -0.2) is 41.1 Å². The molecule has 0 heterocycles. The minimum absolute atomic E-state index is 0.158. The van der Waals surface area contributed by atoms with Crippen molar-refractivity contribution in [1.29, 1.82) is 0 Å². The summed E-state index contributed by atoms with van der Waals surface area (Å²) in [6.45, 7) is 5.92. The number of carboxylic acid groups (broad SMARTS) is 1.